The van der Waals surface area contributed by atoms with Gasteiger partial charge >= 0.3 is 0 Å². The summed E-state index contributed by atoms with van der Waals surface area (Å²) in [6, 6.07) is 19.0. The van der Waals surface area contributed by atoms with E-state index in [2.05, 4.69) is 10.6 Å². The Kier molecular flexibility index (Phi) is 4.30. The number of nitrogens with one attached hydrogen (secondary N) is 2. The highest BCUT2D eigenvalue weighted by Crippen LogP contribution is 2.22. The molecule has 3 rings (SSSR count). The van der Waals surface area contributed by atoms with Gasteiger partial charge in [-0.1, -0.05) is 36.4 Å². The number of hydrogen-bond acceptors (Lipinski definition) is 2. The maximum absolute atomic E-state index is 12.9. The van der Waals surface area contributed by atoms with Crippen LogP contribution in [-0.2, 0) is 0 Å². The first-order valence-electron chi connectivity index (χ1n) is 6.99. The lowest BCUT2D eigenvalue weighted by Gasteiger charge is -2.12. The summed E-state index contributed by atoms with van der Waals surface area (Å²) in [6.45, 7) is 0. The predicted molar refractivity (Wildman–Crippen MR) is 94.0 cm³/mol. The van der Waals surface area contributed by atoms with Crippen LogP contribution in [0.3, 0.4) is 0 Å². The molecule has 3 aromatic carbocycles. The van der Waals surface area contributed by atoms with E-state index in [0.29, 0.717) is 5.56 Å². The number of fused-ring (bicyclic) bond motifs is 1. The van der Waals surface area contributed by atoms with Gasteiger partial charge in [-0.05, 0) is 47.9 Å². The fourth-order valence-electron chi connectivity index (χ4n) is 2.26. The van der Waals surface area contributed by atoms with E-state index in [-0.39, 0.29) is 11.0 Å². The van der Waals surface area contributed by atoms with Gasteiger partial charge in [0.1, 0.15) is 5.82 Å². The molecule has 5 heteroatoms. The van der Waals surface area contributed by atoms with E-state index in [1.54, 1.807) is 0 Å². The first-order valence-corrected chi connectivity index (χ1v) is 7.40. The van der Waals surface area contributed by atoms with Crippen LogP contribution in [0.1, 0.15) is 10.4 Å². The van der Waals surface area contributed by atoms with E-state index >= 15 is 0 Å². The topological polar surface area (TPSA) is 41.1 Å². The Morgan fingerprint density at radius 1 is 0.913 bits per heavy atom. The van der Waals surface area contributed by atoms with Crippen molar-refractivity contribution in [2.75, 3.05) is 5.32 Å². The van der Waals surface area contributed by atoms with Gasteiger partial charge in [0.25, 0.3) is 5.91 Å². The average molecular weight is 324 g/mol. The van der Waals surface area contributed by atoms with Gasteiger partial charge in [-0.25, -0.2) is 4.39 Å². The zero-order valence-corrected chi connectivity index (χ0v) is 12.9. The number of carbonyl (C=O) groups is 1. The Labute approximate surface area is 138 Å². The maximum Gasteiger partial charge on any atom is 0.257 e. The lowest BCUT2D eigenvalue weighted by molar-refractivity contribution is 0.0977. The van der Waals surface area contributed by atoms with Gasteiger partial charge in [0.15, 0.2) is 5.11 Å². The van der Waals surface area contributed by atoms with Gasteiger partial charge in [-0.2, -0.15) is 0 Å². The summed E-state index contributed by atoms with van der Waals surface area (Å²) in [5, 5.41) is 7.88. The van der Waals surface area contributed by atoms with Crippen molar-refractivity contribution in [3.8, 4) is 0 Å². The second kappa shape index (κ2) is 6.54. The molecule has 0 unspecified atom stereocenters. The fourth-order valence-corrected chi connectivity index (χ4v) is 2.47. The average Bonchev–Trinajstić information content (AvgIpc) is 2.55. The summed E-state index contributed by atoms with van der Waals surface area (Å²) in [5.41, 5.74) is 1.15. The fraction of sp³-hybridized carbons (Fsp3) is 0. The molecule has 2 N–H and O–H groups in total. The summed E-state index contributed by atoms with van der Waals surface area (Å²) in [4.78, 5) is 12.1. The number of anilines is 1. The van der Waals surface area contributed by atoms with E-state index in [1.807, 2.05) is 42.5 Å². The molecular formula is C18H13FN2OS. The molecule has 0 aliphatic carbocycles. The van der Waals surface area contributed by atoms with Crippen molar-refractivity contribution in [2.24, 2.45) is 0 Å². The minimum absolute atomic E-state index is 0.190. The van der Waals surface area contributed by atoms with Crippen molar-refractivity contribution in [3.05, 3.63) is 78.1 Å². The number of amides is 1. The maximum atomic E-state index is 12.9. The zero-order chi connectivity index (χ0) is 16.2. The van der Waals surface area contributed by atoms with Crippen LogP contribution in [0.15, 0.2) is 66.7 Å². The lowest BCUT2D eigenvalue weighted by atomic mass is 10.1. The summed E-state index contributed by atoms with van der Waals surface area (Å²) in [5.74, 6) is -0.777. The van der Waals surface area contributed by atoms with Crippen LogP contribution in [-0.4, -0.2) is 11.0 Å². The molecule has 0 heterocycles. The molecule has 3 aromatic rings. The molecule has 23 heavy (non-hydrogen) atoms. The molecule has 0 aliphatic rings. The van der Waals surface area contributed by atoms with Crippen molar-refractivity contribution < 1.29 is 9.18 Å². The molecule has 0 radical (unpaired) electrons. The van der Waals surface area contributed by atoms with Gasteiger partial charge in [0, 0.05) is 16.6 Å². The minimum atomic E-state index is -0.391. The van der Waals surface area contributed by atoms with Crippen molar-refractivity contribution >= 4 is 39.7 Å². The van der Waals surface area contributed by atoms with E-state index in [9.17, 15) is 9.18 Å². The van der Waals surface area contributed by atoms with Crippen molar-refractivity contribution in [1.29, 1.82) is 0 Å². The molecule has 0 aliphatic heterocycles. The van der Waals surface area contributed by atoms with Crippen molar-refractivity contribution in [2.45, 2.75) is 0 Å². The Balaban J connectivity index is 1.74. The summed E-state index contributed by atoms with van der Waals surface area (Å²) in [6.07, 6.45) is 0. The van der Waals surface area contributed by atoms with E-state index in [0.717, 1.165) is 16.5 Å². The Morgan fingerprint density at radius 3 is 2.39 bits per heavy atom. The molecule has 0 spiro atoms. The van der Waals surface area contributed by atoms with Crippen LogP contribution in [0, 0.1) is 5.82 Å². The van der Waals surface area contributed by atoms with Crippen LogP contribution in [0.2, 0.25) is 0 Å². The number of hydrogen-bond donors (Lipinski definition) is 2. The summed E-state index contributed by atoms with van der Waals surface area (Å²) < 4.78 is 12.9. The molecule has 0 fully saturated rings. The Morgan fingerprint density at radius 2 is 1.61 bits per heavy atom. The van der Waals surface area contributed by atoms with Gasteiger partial charge in [-0.3, -0.25) is 10.1 Å². The largest absolute Gasteiger partial charge is 0.332 e. The van der Waals surface area contributed by atoms with Crippen LogP contribution in [0.4, 0.5) is 10.1 Å². The van der Waals surface area contributed by atoms with Crippen molar-refractivity contribution in [3.63, 3.8) is 0 Å². The number of rotatable bonds is 2. The van der Waals surface area contributed by atoms with Crippen molar-refractivity contribution in [1.82, 2.24) is 5.32 Å². The third-order valence-electron chi connectivity index (χ3n) is 3.37. The molecule has 3 nitrogen and oxygen atoms in total. The second-order valence-corrected chi connectivity index (χ2v) is 5.35. The normalized spacial score (nSPS) is 10.3. The predicted octanol–water partition coefficient (Wildman–Crippen LogP) is 4.11. The number of thiocarbonyl (C=S) groups is 1. The molecule has 0 saturated carbocycles. The number of benzene rings is 3. The summed E-state index contributed by atoms with van der Waals surface area (Å²) in [7, 11) is 0. The van der Waals surface area contributed by atoms with Crippen LogP contribution >= 0.6 is 12.2 Å². The number of carbonyl (C=O) groups excluding carboxylic acids is 1. The Bertz CT molecular complexity index is 872. The Hall–Kier alpha value is -2.79. The SMILES string of the molecule is O=C(NC(=S)Nc1cccc2ccccc12)c1ccc(F)cc1. The highest BCUT2D eigenvalue weighted by atomic mass is 32.1. The molecule has 1 amide bonds. The molecule has 0 atom stereocenters. The zero-order valence-electron chi connectivity index (χ0n) is 12.0. The molecule has 0 aromatic heterocycles. The van der Waals surface area contributed by atoms with E-state index in [4.69, 9.17) is 12.2 Å². The molecular weight excluding hydrogens is 311 g/mol. The molecule has 114 valence electrons. The summed E-state index contributed by atoms with van der Waals surface area (Å²) >= 11 is 5.18. The second-order valence-electron chi connectivity index (χ2n) is 4.94. The van der Waals surface area contributed by atoms with Crippen LogP contribution in [0.5, 0.6) is 0 Å². The quantitative estimate of drug-likeness (QED) is 0.697. The van der Waals surface area contributed by atoms with E-state index in [1.165, 1.54) is 24.3 Å². The standard InChI is InChI=1S/C18H13FN2OS/c19-14-10-8-13(9-11-14)17(22)21-18(23)20-16-7-3-5-12-4-1-2-6-15(12)16/h1-11H,(H2,20,21,22,23). The molecule has 0 saturated heterocycles. The first kappa shape index (κ1) is 15.1. The van der Waals surface area contributed by atoms with Gasteiger partial charge < -0.3 is 5.32 Å². The van der Waals surface area contributed by atoms with Gasteiger partial charge in [0.2, 0.25) is 0 Å². The monoisotopic (exact) mass is 324 g/mol. The smallest absolute Gasteiger partial charge is 0.257 e. The van der Waals surface area contributed by atoms with Gasteiger partial charge in [-0.15, -0.1) is 0 Å². The van der Waals surface area contributed by atoms with E-state index < -0.39 is 5.82 Å². The van der Waals surface area contributed by atoms with Crippen LogP contribution in [0.25, 0.3) is 10.8 Å². The number of halogens is 1. The molecule has 0 bridgehead atoms. The lowest BCUT2D eigenvalue weighted by Crippen LogP contribution is -2.34. The first-order chi connectivity index (χ1) is 11.1. The van der Waals surface area contributed by atoms with Gasteiger partial charge in [0.05, 0.1) is 0 Å². The third-order valence-corrected chi connectivity index (χ3v) is 3.58. The minimum Gasteiger partial charge on any atom is -0.332 e. The highest BCUT2D eigenvalue weighted by Gasteiger charge is 2.09. The highest BCUT2D eigenvalue weighted by molar-refractivity contribution is 7.80. The third kappa shape index (κ3) is 3.52. The van der Waals surface area contributed by atoms with Crippen LogP contribution < -0.4 is 10.6 Å².